The maximum absolute atomic E-state index is 12.6. The zero-order chi connectivity index (χ0) is 24.7. The van der Waals surface area contributed by atoms with E-state index in [1.807, 2.05) is 10.6 Å². The number of Topliss-reactive ketones (excluding diaryl/α,β-unsaturated/α-hetero) is 1. The van der Waals surface area contributed by atoms with Crippen LogP contribution in [0.3, 0.4) is 0 Å². The molecule has 1 aromatic heterocycles. The number of thioether (sulfide) groups is 1. The number of methoxy groups -OCH3 is 1. The van der Waals surface area contributed by atoms with Gasteiger partial charge in [0.25, 0.3) is 5.69 Å². The third kappa shape index (κ3) is 6.33. The molecule has 1 N–H and O–H groups in total. The largest absolute Gasteiger partial charge is 0.495 e. The molecule has 0 saturated heterocycles. The highest BCUT2D eigenvalue weighted by Gasteiger charge is 2.18. The Bertz CT molecular complexity index is 1200. The van der Waals surface area contributed by atoms with Crippen LogP contribution in [0.25, 0.3) is 5.69 Å². The Morgan fingerprint density at radius 3 is 2.56 bits per heavy atom. The number of amides is 1. The van der Waals surface area contributed by atoms with Gasteiger partial charge < -0.3 is 10.1 Å². The van der Waals surface area contributed by atoms with E-state index < -0.39 is 4.92 Å². The fourth-order valence-corrected chi connectivity index (χ4v) is 4.22. The second-order valence-corrected chi connectivity index (χ2v) is 8.51. The van der Waals surface area contributed by atoms with E-state index in [1.54, 1.807) is 12.1 Å². The van der Waals surface area contributed by atoms with Crippen molar-refractivity contribution in [3.05, 3.63) is 69.0 Å². The third-order valence-electron chi connectivity index (χ3n) is 4.78. The number of aryl methyl sites for hydroxylation is 1. The molecule has 0 saturated carbocycles. The second kappa shape index (κ2) is 11.6. The van der Waals surface area contributed by atoms with Crippen molar-refractivity contribution in [3.63, 3.8) is 0 Å². The molecular formula is C22H22ClN5O5S. The number of hydrogen-bond acceptors (Lipinski definition) is 8. The van der Waals surface area contributed by atoms with Crippen molar-refractivity contribution >= 4 is 40.7 Å². The van der Waals surface area contributed by atoms with Gasteiger partial charge in [-0.25, -0.2) is 0 Å². The van der Waals surface area contributed by atoms with Gasteiger partial charge in [-0.05, 0) is 36.8 Å². The molecule has 12 heteroatoms. The van der Waals surface area contributed by atoms with E-state index in [-0.39, 0.29) is 23.1 Å². The first-order chi connectivity index (χ1) is 16.3. The molecule has 0 aliphatic carbocycles. The molecule has 0 atom stereocenters. The number of rotatable bonds is 11. The summed E-state index contributed by atoms with van der Waals surface area (Å²) in [6.07, 6.45) is 1.18. The van der Waals surface area contributed by atoms with E-state index in [0.29, 0.717) is 52.4 Å². The first-order valence-electron chi connectivity index (χ1n) is 10.2. The van der Waals surface area contributed by atoms with Crippen molar-refractivity contribution in [2.75, 3.05) is 19.4 Å². The smallest absolute Gasteiger partial charge is 0.269 e. The van der Waals surface area contributed by atoms with E-state index >= 15 is 0 Å². The lowest BCUT2D eigenvalue weighted by Gasteiger charge is -2.12. The summed E-state index contributed by atoms with van der Waals surface area (Å²) in [5.41, 5.74) is 0.993. The summed E-state index contributed by atoms with van der Waals surface area (Å²) in [6.45, 7) is 1.95. The molecular weight excluding hydrogens is 482 g/mol. The fraction of sp³-hybridized carbons (Fsp3) is 0.273. The van der Waals surface area contributed by atoms with Gasteiger partial charge in [0.2, 0.25) is 5.91 Å². The van der Waals surface area contributed by atoms with Crippen molar-refractivity contribution in [2.24, 2.45) is 0 Å². The Morgan fingerprint density at radius 1 is 1.21 bits per heavy atom. The summed E-state index contributed by atoms with van der Waals surface area (Å²) in [6, 6.07) is 10.7. The number of nitrogens with one attached hydrogen (secondary N) is 1. The Labute approximate surface area is 204 Å². The van der Waals surface area contributed by atoms with E-state index in [1.165, 1.54) is 50.1 Å². The molecule has 0 aliphatic heterocycles. The van der Waals surface area contributed by atoms with Crippen LogP contribution in [0.5, 0.6) is 5.75 Å². The monoisotopic (exact) mass is 503 g/mol. The van der Waals surface area contributed by atoms with Crippen LogP contribution in [-0.4, -0.2) is 50.8 Å². The molecule has 0 radical (unpaired) electrons. The maximum Gasteiger partial charge on any atom is 0.269 e. The number of nitro groups is 1. The minimum absolute atomic E-state index is 0.0612. The number of nitrogens with zero attached hydrogens (tertiary/aromatic N) is 4. The number of non-ortho nitro benzene ring substituents is 1. The van der Waals surface area contributed by atoms with Crippen molar-refractivity contribution < 1.29 is 19.2 Å². The summed E-state index contributed by atoms with van der Waals surface area (Å²) in [4.78, 5) is 34.1. The predicted octanol–water partition coefficient (Wildman–Crippen LogP) is 3.88. The molecule has 0 fully saturated rings. The van der Waals surface area contributed by atoms with Gasteiger partial charge in [0.05, 0.1) is 28.5 Å². The van der Waals surface area contributed by atoms with Crippen LogP contribution in [0.2, 0.25) is 5.02 Å². The lowest BCUT2D eigenvalue weighted by Crippen LogP contribution is -2.21. The molecule has 0 spiro atoms. The van der Waals surface area contributed by atoms with Crippen LogP contribution in [0.4, 0.5) is 5.69 Å². The number of aromatic nitrogens is 3. The van der Waals surface area contributed by atoms with Gasteiger partial charge in [-0.15, -0.1) is 10.2 Å². The van der Waals surface area contributed by atoms with E-state index in [9.17, 15) is 19.7 Å². The molecule has 10 nitrogen and oxygen atoms in total. The standard InChI is InChI=1S/C22H22ClN5O5S/c1-14(29)24-11-3-4-21-25-26-22(27(21)17-9-10-20(33-2)18(23)12-17)34-13-19(30)15-5-7-16(8-6-15)28(31)32/h5-10,12H,3-4,11,13H2,1-2H3,(H,24,29). The number of hydrogen-bond donors (Lipinski definition) is 1. The second-order valence-electron chi connectivity index (χ2n) is 7.16. The van der Waals surface area contributed by atoms with Gasteiger partial charge >= 0.3 is 0 Å². The minimum Gasteiger partial charge on any atom is -0.495 e. The number of ether oxygens (including phenoxy) is 1. The number of ketones is 1. The highest BCUT2D eigenvalue weighted by Crippen LogP contribution is 2.30. The Balaban J connectivity index is 1.81. The molecule has 3 rings (SSSR count). The lowest BCUT2D eigenvalue weighted by molar-refractivity contribution is -0.384. The van der Waals surface area contributed by atoms with Crippen molar-refractivity contribution in [2.45, 2.75) is 24.9 Å². The first kappa shape index (κ1) is 25.2. The number of benzene rings is 2. The topological polar surface area (TPSA) is 129 Å². The van der Waals surface area contributed by atoms with Crippen LogP contribution in [-0.2, 0) is 11.2 Å². The fourth-order valence-electron chi connectivity index (χ4n) is 3.10. The van der Waals surface area contributed by atoms with Gasteiger partial charge in [-0.1, -0.05) is 23.4 Å². The molecule has 1 amide bonds. The number of halogens is 1. The van der Waals surface area contributed by atoms with Crippen LogP contribution < -0.4 is 10.1 Å². The Morgan fingerprint density at radius 2 is 1.94 bits per heavy atom. The van der Waals surface area contributed by atoms with E-state index in [2.05, 4.69) is 15.5 Å². The maximum atomic E-state index is 12.6. The van der Waals surface area contributed by atoms with Crippen molar-refractivity contribution in [3.8, 4) is 11.4 Å². The lowest BCUT2D eigenvalue weighted by atomic mass is 10.1. The van der Waals surface area contributed by atoms with Crippen LogP contribution in [0.15, 0.2) is 47.6 Å². The summed E-state index contributed by atoms with van der Waals surface area (Å²) in [7, 11) is 1.53. The van der Waals surface area contributed by atoms with Gasteiger partial charge in [0.1, 0.15) is 11.6 Å². The molecule has 3 aromatic rings. The minimum atomic E-state index is -0.515. The molecule has 1 heterocycles. The SMILES string of the molecule is COc1ccc(-n2c(CCCNC(C)=O)nnc2SCC(=O)c2ccc([N+](=O)[O-])cc2)cc1Cl. The molecule has 0 aliphatic rings. The average molecular weight is 504 g/mol. The molecule has 34 heavy (non-hydrogen) atoms. The van der Waals surface area contributed by atoms with E-state index in [0.717, 1.165) is 0 Å². The molecule has 2 aromatic carbocycles. The molecule has 178 valence electrons. The van der Waals surface area contributed by atoms with E-state index in [4.69, 9.17) is 16.3 Å². The third-order valence-corrected chi connectivity index (χ3v) is 6.00. The number of nitro benzene ring substituents is 1. The van der Waals surface area contributed by atoms with Gasteiger partial charge in [0, 0.05) is 37.6 Å². The predicted molar refractivity (Wildman–Crippen MR) is 128 cm³/mol. The zero-order valence-electron chi connectivity index (χ0n) is 18.5. The van der Waals surface area contributed by atoms with Crippen molar-refractivity contribution in [1.29, 1.82) is 0 Å². The van der Waals surface area contributed by atoms with Gasteiger partial charge in [0.15, 0.2) is 10.9 Å². The number of carbonyl (C=O) groups excluding carboxylic acids is 2. The molecule has 0 bridgehead atoms. The van der Waals surface area contributed by atoms with Crippen molar-refractivity contribution in [1.82, 2.24) is 20.1 Å². The first-order valence-corrected chi connectivity index (χ1v) is 11.6. The Hall–Kier alpha value is -3.44. The summed E-state index contributed by atoms with van der Waals surface area (Å²) in [5.74, 6) is 0.926. The Kier molecular flexibility index (Phi) is 8.61. The highest BCUT2D eigenvalue weighted by molar-refractivity contribution is 7.99. The van der Waals surface area contributed by atoms with Gasteiger partial charge in [-0.3, -0.25) is 24.3 Å². The van der Waals surface area contributed by atoms with Gasteiger partial charge in [-0.2, -0.15) is 0 Å². The van der Waals surface area contributed by atoms with Crippen LogP contribution in [0, 0.1) is 10.1 Å². The molecule has 0 unspecified atom stereocenters. The quantitative estimate of drug-likeness (QED) is 0.137. The summed E-state index contributed by atoms with van der Waals surface area (Å²) >= 11 is 7.52. The number of carbonyl (C=O) groups is 2. The van der Waals surface area contributed by atoms with Crippen LogP contribution in [0.1, 0.15) is 29.5 Å². The zero-order valence-corrected chi connectivity index (χ0v) is 20.1. The van der Waals surface area contributed by atoms with Crippen LogP contribution >= 0.6 is 23.4 Å². The highest BCUT2D eigenvalue weighted by atomic mass is 35.5. The summed E-state index contributed by atoms with van der Waals surface area (Å²) in [5, 5.41) is 23.0. The average Bonchev–Trinajstić information content (AvgIpc) is 3.22. The normalized spacial score (nSPS) is 10.7. The summed E-state index contributed by atoms with van der Waals surface area (Å²) < 4.78 is 7.04.